The summed E-state index contributed by atoms with van der Waals surface area (Å²) >= 11 is 0. The van der Waals surface area contributed by atoms with Crippen LogP contribution in [0, 0.1) is 12.3 Å². The standard InChI is InChI=1S/C10H11N/c1-3-9-6-4-5-7-10(9)8-11-2/h1,4-7,11H,8H2,2H3. The van der Waals surface area contributed by atoms with E-state index >= 15 is 0 Å². The van der Waals surface area contributed by atoms with E-state index in [9.17, 15) is 0 Å². The van der Waals surface area contributed by atoms with Gasteiger partial charge in [0, 0.05) is 12.1 Å². The summed E-state index contributed by atoms with van der Waals surface area (Å²) in [5.74, 6) is 2.64. The molecule has 0 unspecified atom stereocenters. The lowest BCUT2D eigenvalue weighted by Gasteiger charge is -2.01. The minimum atomic E-state index is 0.834. The summed E-state index contributed by atoms with van der Waals surface area (Å²) in [5, 5.41) is 3.06. The largest absolute Gasteiger partial charge is 0.316 e. The second-order valence-corrected chi connectivity index (χ2v) is 2.33. The van der Waals surface area contributed by atoms with Crippen LogP contribution in [0.3, 0.4) is 0 Å². The van der Waals surface area contributed by atoms with Gasteiger partial charge in [0.1, 0.15) is 0 Å². The molecule has 11 heavy (non-hydrogen) atoms. The fourth-order valence-corrected chi connectivity index (χ4v) is 1.01. The molecule has 0 fully saturated rings. The lowest BCUT2D eigenvalue weighted by molar-refractivity contribution is 0.816. The Kier molecular flexibility index (Phi) is 2.71. The monoisotopic (exact) mass is 145 g/mol. The Morgan fingerprint density at radius 1 is 1.45 bits per heavy atom. The van der Waals surface area contributed by atoms with Crippen molar-refractivity contribution < 1.29 is 0 Å². The fraction of sp³-hybridized carbons (Fsp3) is 0.200. The Hall–Kier alpha value is -1.26. The van der Waals surface area contributed by atoms with Crippen molar-refractivity contribution in [3.05, 3.63) is 35.4 Å². The number of hydrogen-bond donors (Lipinski definition) is 1. The second kappa shape index (κ2) is 3.80. The van der Waals surface area contributed by atoms with Crippen LogP contribution >= 0.6 is 0 Å². The molecular formula is C10H11N. The topological polar surface area (TPSA) is 12.0 Å². The molecule has 0 aliphatic heterocycles. The summed E-state index contributed by atoms with van der Waals surface area (Å²) in [5.41, 5.74) is 2.15. The first-order valence-electron chi connectivity index (χ1n) is 3.57. The zero-order chi connectivity index (χ0) is 8.10. The van der Waals surface area contributed by atoms with E-state index in [4.69, 9.17) is 6.42 Å². The third kappa shape index (κ3) is 1.83. The zero-order valence-electron chi connectivity index (χ0n) is 6.59. The molecule has 0 aromatic heterocycles. The quantitative estimate of drug-likeness (QED) is 0.620. The van der Waals surface area contributed by atoms with Gasteiger partial charge in [0.2, 0.25) is 0 Å². The van der Waals surface area contributed by atoms with Crippen LogP contribution in [-0.2, 0) is 6.54 Å². The minimum Gasteiger partial charge on any atom is -0.316 e. The van der Waals surface area contributed by atoms with Gasteiger partial charge in [-0.05, 0) is 18.7 Å². The molecular weight excluding hydrogens is 134 g/mol. The first kappa shape index (κ1) is 7.84. The van der Waals surface area contributed by atoms with Crippen LogP contribution in [0.25, 0.3) is 0 Å². The van der Waals surface area contributed by atoms with Gasteiger partial charge in [-0.25, -0.2) is 0 Å². The molecule has 1 heteroatoms. The molecule has 1 aromatic carbocycles. The van der Waals surface area contributed by atoms with Gasteiger partial charge in [-0.3, -0.25) is 0 Å². The summed E-state index contributed by atoms with van der Waals surface area (Å²) in [7, 11) is 1.91. The van der Waals surface area contributed by atoms with Crippen LogP contribution in [0.2, 0.25) is 0 Å². The molecule has 0 heterocycles. The van der Waals surface area contributed by atoms with Gasteiger partial charge in [-0.15, -0.1) is 6.42 Å². The summed E-state index contributed by atoms with van der Waals surface area (Å²) in [6.45, 7) is 0.834. The minimum absolute atomic E-state index is 0.834. The first-order chi connectivity index (χ1) is 5.38. The maximum atomic E-state index is 5.30. The van der Waals surface area contributed by atoms with Crippen LogP contribution in [0.1, 0.15) is 11.1 Å². The molecule has 0 radical (unpaired) electrons. The van der Waals surface area contributed by atoms with Gasteiger partial charge in [0.05, 0.1) is 0 Å². The van der Waals surface area contributed by atoms with Crippen LogP contribution in [-0.4, -0.2) is 7.05 Å². The van der Waals surface area contributed by atoms with Crippen LogP contribution < -0.4 is 5.32 Å². The summed E-state index contributed by atoms with van der Waals surface area (Å²) < 4.78 is 0. The second-order valence-electron chi connectivity index (χ2n) is 2.33. The van der Waals surface area contributed by atoms with E-state index in [0.29, 0.717) is 0 Å². The molecule has 56 valence electrons. The number of nitrogens with one attached hydrogen (secondary N) is 1. The number of hydrogen-bond acceptors (Lipinski definition) is 1. The van der Waals surface area contributed by atoms with Gasteiger partial charge in [0.15, 0.2) is 0 Å². The van der Waals surface area contributed by atoms with E-state index in [2.05, 4.69) is 11.2 Å². The van der Waals surface area contributed by atoms with Crippen molar-refractivity contribution in [2.45, 2.75) is 6.54 Å². The highest BCUT2D eigenvalue weighted by molar-refractivity contribution is 5.39. The summed E-state index contributed by atoms with van der Waals surface area (Å²) in [4.78, 5) is 0. The number of benzene rings is 1. The van der Waals surface area contributed by atoms with E-state index in [1.807, 2.05) is 31.3 Å². The normalized spacial score (nSPS) is 9.09. The molecule has 0 spiro atoms. The Bertz CT molecular complexity index is 270. The van der Waals surface area contributed by atoms with Gasteiger partial charge < -0.3 is 5.32 Å². The van der Waals surface area contributed by atoms with Crippen molar-refractivity contribution in [3.8, 4) is 12.3 Å². The van der Waals surface area contributed by atoms with Crippen molar-refractivity contribution in [1.82, 2.24) is 5.32 Å². The van der Waals surface area contributed by atoms with Crippen molar-refractivity contribution in [2.24, 2.45) is 0 Å². The van der Waals surface area contributed by atoms with Gasteiger partial charge >= 0.3 is 0 Å². The van der Waals surface area contributed by atoms with E-state index in [-0.39, 0.29) is 0 Å². The van der Waals surface area contributed by atoms with E-state index in [1.165, 1.54) is 5.56 Å². The molecule has 0 atom stereocenters. The molecule has 1 nitrogen and oxygen atoms in total. The van der Waals surface area contributed by atoms with E-state index in [1.54, 1.807) is 0 Å². The Balaban J connectivity index is 2.95. The Morgan fingerprint density at radius 2 is 2.18 bits per heavy atom. The number of terminal acetylenes is 1. The van der Waals surface area contributed by atoms with E-state index < -0.39 is 0 Å². The maximum absolute atomic E-state index is 5.30. The van der Waals surface area contributed by atoms with Crippen LogP contribution in [0.4, 0.5) is 0 Å². The highest BCUT2D eigenvalue weighted by Gasteiger charge is 1.94. The maximum Gasteiger partial charge on any atom is 0.0287 e. The molecule has 0 amide bonds. The average Bonchev–Trinajstić information content (AvgIpc) is 2.06. The Morgan fingerprint density at radius 3 is 2.82 bits per heavy atom. The van der Waals surface area contributed by atoms with Gasteiger partial charge in [-0.1, -0.05) is 24.1 Å². The predicted octanol–water partition coefficient (Wildman–Crippen LogP) is 1.39. The van der Waals surface area contributed by atoms with Crippen molar-refractivity contribution in [3.63, 3.8) is 0 Å². The molecule has 1 rings (SSSR count). The molecule has 0 saturated heterocycles. The zero-order valence-corrected chi connectivity index (χ0v) is 6.59. The summed E-state index contributed by atoms with van der Waals surface area (Å²) in [6, 6.07) is 7.93. The van der Waals surface area contributed by atoms with E-state index in [0.717, 1.165) is 12.1 Å². The lowest BCUT2D eigenvalue weighted by atomic mass is 10.1. The third-order valence-electron chi connectivity index (χ3n) is 1.54. The highest BCUT2D eigenvalue weighted by atomic mass is 14.8. The predicted molar refractivity (Wildman–Crippen MR) is 47.1 cm³/mol. The smallest absolute Gasteiger partial charge is 0.0287 e. The number of rotatable bonds is 2. The van der Waals surface area contributed by atoms with Gasteiger partial charge in [0.25, 0.3) is 0 Å². The molecule has 0 aliphatic rings. The highest BCUT2D eigenvalue weighted by Crippen LogP contribution is 2.05. The SMILES string of the molecule is C#Cc1ccccc1CNC. The molecule has 1 aromatic rings. The lowest BCUT2D eigenvalue weighted by Crippen LogP contribution is -2.06. The average molecular weight is 145 g/mol. The van der Waals surface area contributed by atoms with Crippen molar-refractivity contribution in [2.75, 3.05) is 7.05 Å². The molecule has 0 aliphatic carbocycles. The molecule has 0 saturated carbocycles. The molecule has 0 bridgehead atoms. The van der Waals surface area contributed by atoms with Crippen LogP contribution in [0.15, 0.2) is 24.3 Å². The third-order valence-corrected chi connectivity index (χ3v) is 1.54. The van der Waals surface area contributed by atoms with Crippen LogP contribution in [0.5, 0.6) is 0 Å². The van der Waals surface area contributed by atoms with Crippen molar-refractivity contribution in [1.29, 1.82) is 0 Å². The van der Waals surface area contributed by atoms with Crippen molar-refractivity contribution >= 4 is 0 Å². The first-order valence-corrected chi connectivity index (χ1v) is 3.57. The molecule has 1 N–H and O–H groups in total. The summed E-state index contributed by atoms with van der Waals surface area (Å²) in [6.07, 6.45) is 5.30. The fourth-order valence-electron chi connectivity index (χ4n) is 1.01. The Labute approximate surface area is 67.4 Å². The van der Waals surface area contributed by atoms with Gasteiger partial charge in [-0.2, -0.15) is 0 Å².